The Kier molecular flexibility index (Phi) is 5.21. The van der Waals surface area contributed by atoms with Crippen molar-refractivity contribution in [3.8, 4) is 11.3 Å². The quantitative estimate of drug-likeness (QED) is 0.669. The van der Waals surface area contributed by atoms with Gasteiger partial charge in [-0.15, -0.1) is 11.3 Å². The average Bonchev–Trinajstić information content (AvgIpc) is 3.26. The van der Waals surface area contributed by atoms with E-state index < -0.39 is 0 Å². The van der Waals surface area contributed by atoms with Crippen LogP contribution in [-0.4, -0.2) is 44.0 Å². The van der Waals surface area contributed by atoms with Crippen molar-refractivity contribution in [1.82, 2.24) is 25.0 Å². The molecule has 146 valence electrons. The van der Waals surface area contributed by atoms with E-state index in [9.17, 15) is 4.79 Å². The zero-order valence-electron chi connectivity index (χ0n) is 16.3. The highest BCUT2D eigenvalue weighted by atomic mass is 32.1. The first-order chi connectivity index (χ1) is 13.5. The Hall–Kier alpha value is -2.61. The highest BCUT2D eigenvalue weighted by Gasteiger charge is 2.27. The first kappa shape index (κ1) is 18.7. The van der Waals surface area contributed by atoms with Crippen molar-refractivity contribution in [3.63, 3.8) is 0 Å². The van der Waals surface area contributed by atoms with Crippen LogP contribution in [0.4, 0.5) is 0 Å². The number of likely N-dealkylation sites (tertiary alicyclic amines) is 1. The highest BCUT2D eigenvalue weighted by Crippen LogP contribution is 2.27. The number of carbonyl (C=O) groups excluding carboxylic acids is 1. The minimum absolute atomic E-state index is 0.101. The van der Waals surface area contributed by atoms with Crippen LogP contribution >= 0.6 is 11.3 Å². The van der Waals surface area contributed by atoms with E-state index >= 15 is 0 Å². The summed E-state index contributed by atoms with van der Waals surface area (Å²) >= 11 is 1.42. The standard InChI is InChI=1S/C20H23N5O2S/c1-12-18(14(3)27-24-12)17-8-16(21-10-22-17)7-15-5-4-6-25(9-15)20(26)19-13(2)23-11-28-19/h8,10-11,15H,4-7,9H2,1-3H3. The van der Waals surface area contributed by atoms with Crippen LogP contribution in [-0.2, 0) is 6.42 Å². The van der Waals surface area contributed by atoms with E-state index in [1.807, 2.05) is 31.7 Å². The fourth-order valence-electron chi connectivity index (χ4n) is 3.86. The van der Waals surface area contributed by atoms with Gasteiger partial charge in [-0.2, -0.15) is 0 Å². The first-order valence-corrected chi connectivity index (χ1v) is 10.3. The lowest BCUT2D eigenvalue weighted by Gasteiger charge is -2.32. The fraction of sp³-hybridized carbons (Fsp3) is 0.450. The number of hydrogen-bond acceptors (Lipinski definition) is 7. The van der Waals surface area contributed by atoms with Gasteiger partial charge in [0.25, 0.3) is 5.91 Å². The van der Waals surface area contributed by atoms with Gasteiger partial charge in [-0.05, 0) is 52.0 Å². The molecule has 0 aromatic carbocycles. The largest absolute Gasteiger partial charge is 0.361 e. The van der Waals surface area contributed by atoms with E-state index in [0.717, 1.165) is 71.3 Å². The molecule has 3 aromatic heterocycles. The normalized spacial score (nSPS) is 17.1. The Balaban J connectivity index is 1.48. The summed E-state index contributed by atoms with van der Waals surface area (Å²) in [5.41, 5.74) is 6.14. The topological polar surface area (TPSA) is 85.0 Å². The van der Waals surface area contributed by atoms with E-state index in [0.29, 0.717) is 5.92 Å². The third kappa shape index (κ3) is 3.69. The second-order valence-electron chi connectivity index (χ2n) is 7.32. The molecular formula is C20H23N5O2S. The molecule has 1 atom stereocenters. The van der Waals surface area contributed by atoms with Gasteiger partial charge in [0.05, 0.1) is 28.2 Å². The SMILES string of the molecule is Cc1ncsc1C(=O)N1CCCC(Cc2cc(-c3c(C)noc3C)ncn2)C1. The van der Waals surface area contributed by atoms with Gasteiger partial charge in [-0.3, -0.25) is 4.79 Å². The molecule has 1 amide bonds. The lowest BCUT2D eigenvalue weighted by Crippen LogP contribution is -2.40. The molecule has 0 aliphatic carbocycles. The molecule has 4 heterocycles. The number of aryl methyl sites for hydroxylation is 3. The van der Waals surface area contributed by atoms with Crippen molar-refractivity contribution in [2.75, 3.05) is 13.1 Å². The molecular weight excluding hydrogens is 374 g/mol. The minimum atomic E-state index is 0.101. The molecule has 1 unspecified atom stereocenters. The molecule has 1 aliphatic rings. The van der Waals surface area contributed by atoms with Crippen molar-refractivity contribution in [2.45, 2.75) is 40.0 Å². The summed E-state index contributed by atoms with van der Waals surface area (Å²) in [6.45, 7) is 7.26. The number of hydrogen-bond donors (Lipinski definition) is 0. The third-order valence-corrected chi connectivity index (χ3v) is 6.17. The highest BCUT2D eigenvalue weighted by molar-refractivity contribution is 7.11. The van der Waals surface area contributed by atoms with Crippen molar-refractivity contribution in [2.24, 2.45) is 5.92 Å². The van der Waals surface area contributed by atoms with Crippen molar-refractivity contribution < 1.29 is 9.32 Å². The number of carbonyl (C=O) groups is 1. The van der Waals surface area contributed by atoms with E-state index in [1.54, 1.807) is 11.8 Å². The monoisotopic (exact) mass is 397 g/mol. The molecule has 0 spiro atoms. The Bertz CT molecular complexity index is 977. The number of nitrogens with zero attached hydrogens (tertiary/aromatic N) is 5. The maximum atomic E-state index is 12.8. The predicted molar refractivity (Wildman–Crippen MR) is 106 cm³/mol. The van der Waals surface area contributed by atoms with Gasteiger partial charge in [0.15, 0.2) is 0 Å². The molecule has 1 aliphatic heterocycles. The summed E-state index contributed by atoms with van der Waals surface area (Å²) in [4.78, 5) is 28.6. The second-order valence-corrected chi connectivity index (χ2v) is 8.18. The van der Waals surface area contributed by atoms with E-state index in [2.05, 4.69) is 20.1 Å². The van der Waals surface area contributed by atoms with Gasteiger partial charge in [-0.1, -0.05) is 5.16 Å². The second kappa shape index (κ2) is 7.79. The number of piperidine rings is 1. The zero-order chi connectivity index (χ0) is 19.7. The van der Waals surface area contributed by atoms with Gasteiger partial charge < -0.3 is 9.42 Å². The van der Waals surface area contributed by atoms with Crippen molar-refractivity contribution in [3.05, 3.63) is 45.6 Å². The van der Waals surface area contributed by atoms with E-state index in [-0.39, 0.29) is 5.91 Å². The molecule has 1 saturated heterocycles. The smallest absolute Gasteiger partial charge is 0.265 e. The average molecular weight is 398 g/mol. The third-order valence-electron chi connectivity index (χ3n) is 5.26. The van der Waals surface area contributed by atoms with Crippen LogP contribution in [0.3, 0.4) is 0 Å². The summed E-state index contributed by atoms with van der Waals surface area (Å²) in [6, 6.07) is 2.01. The molecule has 0 bridgehead atoms. The van der Waals surface area contributed by atoms with Crippen LogP contribution < -0.4 is 0 Å². The lowest BCUT2D eigenvalue weighted by atomic mass is 9.92. The van der Waals surface area contributed by atoms with Crippen LogP contribution in [0.2, 0.25) is 0 Å². The Morgan fingerprint density at radius 2 is 2.11 bits per heavy atom. The maximum Gasteiger partial charge on any atom is 0.265 e. The van der Waals surface area contributed by atoms with E-state index in [1.165, 1.54) is 11.3 Å². The summed E-state index contributed by atoms with van der Waals surface area (Å²) in [5, 5.41) is 4.01. The maximum absolute atomic E-state index is 12.8. The molecule has 0 N–H and O–H groups in total. The minimum Gasteiger partial charge on any atom is -0.361 e. The number of thiazole rings is 1. The van der Waals surface area contributed by atoms with E-state index in [4.69, 9.17) is 4.52 Å². The van der Waals surface area contributed by atoms with Crippen LogP contribution in [0, 0.1) is 26.7 Å². The summed E-state index contributed by atoms with van der Waals surface area (Å²) in [7, 11) is 0. The summed E-state index contributed by atoms with van der Waals surface area (Å²) < 4.78 is 5.27. The molecule has 0 saturated carbocycles. The van der Waals surface area contributed by atoms with Crippen LogP contribution in [0.1, 0.15) is 45.4 Å². The number of rotatable bonds is 4. The van der Waals surface area contributed by atoms with Gasteiger partial charge in [0.1, 0.15) is 17.0 Å². The predicted octanol–water partition coefficient (Wildman–Crippen LogP) is 3.61. The number of aromatic nitrogens is 4. The first-order valence-electron chi connectivity index (χ1n) is 9.46. The molecule has 3 aromatic rings. The molecule has 0 radical (unpaired) electrons. The van der Waals surface area contributed by atoms with Gasteiger partial charge in [-0.25, -0.2) is 15.0 Å². The van der Waals surface area contributed by atoms with Crippen LogP contribution in [0.15, 0.2) is 22.4 Å². The zero-order valence-corrected chi connectivity index (χ0v) is 17.1. The van der Waals surface area contributed by atoms with Crippen molar-refractivity contribution >= 4 is 17.2 Å². The number of amides is 1. The van der Waals surface area contributed by atoms with Gasteiger partial charge >= 0.3 is 0 Å². The Labute approximate surface area is 167 Å². The van der Waals surface area contributed by atoms with Gasteiger partial charge in [0, 0.05) is 18.8 Å². The molecule has 1 fully saturated rings. The fourth-order valence-corrected chi connectivity index (χ4v) is 4.63. The molecule has 4 rings (SSSR count). The molecule has 28 heavy (non-hydrogen) atoms. The summed E-state index contributed by atoms with van der Waals surface area (Å²) in [5.74, 6) is 1.25. The Morgan fingerprint density at radius 1 is 1.25 bits per heavy atom. The van der Waals surface area contributed by atoms with Gasteiger partial charge in [0.2, 0.25) is 0 Å². The molecule has 7 nitrogen and oxygen atoms in total. The summed E-state index contributed by atoms with van der Waals surface area (Å²) in [6.07, 6.45) is 4.53. The van der Waals surface area contributed by atoms with Crippen LogP contribution in [0.5, 0.6) is 0 Å². The van der Waals surface area contributed by atoms with Crippen molar-refractivity contribution in [1.29, 1.82) is 0 Å². The van der Waals surface area contributed by atoms with Crippen LogP contribution in [0.25, 0.3) is 11.3 Å². The Morgan fingerprint density at radius 3 is 2.82 bits per heavy atom. The lowest BCUT2D eigenvalue weighted by molar-refractivity contribution is 0.0676. The molecule has 8 heteroatoms.